The number of fused-ring (bicyclic) bond motifs is 1. The lowest BCUT2D eigenvalue weighted by Gasteiger charge is -2.36. The first kappa shape index (κ1) is 18.5. The van der Waals surface area contributed by atoms with E-state index in [1.807, 2.05) is 23.1 Å². The van der Waals surface area contributed by atoms with Gasteiger partial charge >= 0.3 is 0 Å². The molecule has 0 radical (unpaired) electrons. The highest BCUT2D eigenvalue weighted by Gasteiger charge is 2.21. The summed E-state index contributed by atoms with van der Waals surface area (Å²) in [5, 5.41) is 0.666. The van der Waals surface area contributed by atoms with Gasteiger partial charge < -0.3 is 9.80 Å². The van der Waals surface area contributed by atoms with E-state index in [-0.39, 0.29) is 11.7 Å². The van der Waals surface area contributed by atoms with Crippen LogP contribution in [0.15, 0.2) is 46.8 Å². The van der Waals surface area contributed by atoms with Crippen molar-refractivity contribution in [3.63, 3.8) is 0 Å². The van der Waals surface area contributed by atoms with Gasteiger partial charge in [-0.25, -0.2) is 9.37 Å². The third kappa shape index (κ3) is 4.36. The number of carbonyl (C=O) groups is 1. The number of nitrogens with zero attached hydrogens (tertiary/aromatic N) is 3. The maximum Gasteiger partial charge on any atom is 0.233 e. The third-order valence-corrected chi connectivity index (χ3v) is 6.87. The van der Waals surface area contributed by atoms with Crippen molar-refractivity contribution in [2.45, 2.75) is 4.34 Å². The normalized spacial score (nSPS) is 14.7. The van der Waals surface area contributed by atoms with Crippen LogP contribution < -0.4 is 4.90 Å². The van der Waals surface area contributed by atoms with Crippen LogP contribution in [0.3, 0.4) is 0 Å². The number of hydrogen-bond donors (Lipinski definition) is 0. The quantitative estimate of drug-likeness (QED) is 0.580. The Hall–Kier alpha value is -1.83. The van der Waals surface area contributed by atoms with Gasteiger partial charge in [-0.1, -0.05) is 23.4 Å². The number of thioether (sulfide) groups is 1. The van der Waals surface area contributed by atoms with E-state index in [2.05, 4.69) is 9.88 Å². The van der Waals surface area contributed by atoms with E-state index in [9.17, 15) is 9.18 Å². The number of benzene rings is 2. The molecular formula is C19H17ClFN3OS2. The highest BCUT2D eigenvalue weighted by atomic mass is 35.5. The molecule has 1 saturated heterocycles. The van der Waals surface area contributed by atoms with Crippen molar-refractivity contribution in [1.82, 2.24) is 9.88 Å². The second kappa shape index (κ2) is 8.04. The first-order valence-corrected chi connectivity index (χ1v) is 10.7. The molecule has 1 aromatic heterocycles. The number of piperazine rings is 1. The summed E-state index contributed by atoms with van der Waals surface area (Å²) < 4.78 is 15.0. The van der Waals surface area contributed by atoms with E-state index in [0.29, 0.717) is 23.9 Å². The molecule has 4 rings (SSSR count). The van der Waals surface area contributed by atoms with Crippen LogP contribution >= 0.6 is 34.7 Å². The molecule has 3 aromatic rings. The second-order valence-corrected chi connectivity index (χ2v) is 8.91. The third-order valence-electron chi connectivity index (χ3n) is 4.47. The molecule has 0 unspecified atom stereocenters. The monoisotopic (exact) mass is 421 g/mol. The predicted molar refractivity (Wildman–Crippen MR) is 111 cm³/mol. The zero-order valence-corrected chi connectivity index (χ0v) is 16.8. The summed E-state index contributed by atoms with van der Waals surface area (Å²) in [4.78, 5) is 21.1. The Kier molecular flexibility index (Phi) is 5.52. The average Bonchev–Trinajstić information content (AvgIpc) is 3.09. The van der Waals surface area contributed by atoms with Crippen molar-refractivity contribution in [2.75, 3.05) is 36.8 Å². The molecule has 1 aliphatic rings. The summed E-state index contributed by atoms with van der Waals surface area (Å²) in [6.45, 7) is 2.85. The Bertz CT molecular complexity index is 955. The highest BCUT2D eigenvalue weighted by molar-refractivity contribution is 8.01. The summed E-state index contributed by atoms with van der Waals surface area (Å²) in [7, 11) is 0. The van der Waals surface area contributed by atoms with Gasteiger partial charge in [0.25, 0.3) is 0 Å². The van der Waals surface area contributed by atoms with Crippen LogP contribution in [0.2, 0.25) is 5.02 Å². The van der Waals surface area contributed by atoms with Crippen LogP contribution in [0, 0.1) is 5.82 Å². The summed E-state index contributed by atoms with van der Waals surface area (Å²) in [6.07, 6.45) is 0. The molecule has 2 aromatic carbocycles. The molecule has 0 atom stereocenters. The van der Waals surface area contributed by atoms with Gasteiger partial charge in [-0.05, 0) is 42.5 Å². The molecule has 1 amide bonds. The largest absolute Gasteiger partial charge is 0.368 e. The summed E-state index contributed by atoms with van der Waals surface area (Å²) in [5.74, 6) is 0.266. The van der Waals surface area contributed by atoms with Gasteiger partial charge in [0.05, 0.1) is 16.0 Å². The van der Waals surface area contributed by atoms with Crippen molar-refractivity contribution < 1.29 is 9.18 Å². The number of anilines is 1. The molecule has 2 heterocycles. The van der Waals surface area contributed by atoms with Gasteiger partial charge in [0.15, 0.2) is 4.34 Å². The lowest BCUT2D eigenvalue weighted by atomic mass is 10.2. The van der Waals surface area contributed by atoms with Crippen molar-refractivity contribution >= 4 is 56.5 Å². The Labute approximate surface area is 169 Å². The molecule has 4 nitrogen and oxygen atoms in total. The SMILES string of the molecule is O=C(CSc1nc2cc(Cl)ccc2s1)N1CCN(c2ccc(F)cc2)CC1. The van der Waals surface area contributed by atoms with Crippen LogP contribution in [-0.2, 0) is 4.79 Å². The highest BCUT2D eigenvalue weighted by Crippen LogP contribution is 2.31. The molecule has 1 fully saturated rings. The first-order valence-electron chi connectivity index (χ1n) is 8.56. The number of carbonyl (C=O) groups excluding carboxylic acids is 1. The van der Waals surface area contributed by atoms with E-state index in [1.54, 1.807) is 23.5 Å². The zero-order valence-electron chi connectivity index (χ0n) is 14.4. The van der Waals surface area contributed by atoms with E-state index < -0.39 is 0 Å². The van der Waals surface area contributed by atoms with E-state index in [4.69, 9.17) is 11.6 Å². The molecule has 140 valence electrons. The van der Waals surface area contributed by atoms with Crippen molar-refractivity contribution in [1.29, 1.82) is 0 Å². The van der Waals surface area contributed by atoms with Gasteiger partial charge in [0.2, 0.25) is 5.91 Å². The van der Waals surface area contributed by atoms with E-state index in [1.165, 1.54) is 23.9 Å². The average molecular weight is 422 g/mol. The molecule has 8 heteroatoms. The van der Waals surface area contributed by atoms with E-state index >= 15 is 0 Å². The van der Waals surface area contributed by atoms with Gasteiger partial charge in [0.1, 0.15) is 5.82 Å². The van der Waals surface area contributed by atoms with Crippen molar-refractivity contribution in [2.24, 2.45) is 0 Å². The minimum Gasteiger partial charge on any atom is -0.368 e. The first-order chi connectivity index (χ1) is 13.1. The number of hydrogen-bond acceptors (Lipinski definition) is 5. The van der Waals surface area contributed by atoms with Crippen molar-refractivity contribution in [3.05, 3.63) is 53.3 Å². The predicted octanol–water partition coefficient (Wildman–Crippen LogP) is 4.53. The number of amides is 1. The molecule has 0 aliphatic carbocycles. The Balaban J connectivity index is 1.30. The fourth-order valence-electron chi connectivity index (χ4n) is 3.02. The molecule has 27 heavy (non-hydrogen) atoms. The minimum absolute atomic E-state index is 0.121. The Morgan fingerprint density at radius 2 is 1.89 bits per heavy atom. The maximum atomic E-state index is 13.0. The van der Waals surface area contributed by atoms with Gasteiger partial charge in [-0.3, -0.25) is 4.79 Å². The summed E-state index contributed by atoms with van der Waals surface area (Å²) >= 11 is 9.04. The number of thiazole rings is 1. The van der Waals surface area contributed by atoms with Gasteiger partial charge in [-0.2, -0.15) is 0 Å². The fraction of sp³-hybridized carbons (Fsp3) is 0.263. The molecule has 0 saturated carbocycles. The number of halogens is 2. The lowest BCUT2D eigenvalue weighted by Crippen LogP contribution is -2.49. The van der Waals surface area contributed by atoms with Gasteiger partial charge in [0, 0.05) is 36.9 Å². The molecule has 1 aliphatic heterocycles. The minimum atomic E-state index is -0.235. The number of rotatable bonds is 4. The van der Waals surface area contributed by atoms with E-state index in [0.717, 1.165) is 33.3 Å². The molecule has 0 N–H and O–H groups in total. The van der Waals surface area contributed by atoms with Crippen LogP contribution in [0.4, 0.5) is 10.1 Å². The van der Waals surface area contributed by atoms with Crippen LogP contribution in [0.1, 0.15) is 0 Å². The Morgan fingerprint density at radius 3 is 2.63 bits per heavy atom. The molecular weight excluding hydrogens is 405 g/mol. The zero-order chi connectivity index (χ0) is 18.8. The maximum absolute atomic E-state index is 13.0. The summed E-state index contributed by atoms with van der Waals surface area (Å²) in [5.41, 5.74) is 1.86. The molecule has 0 spiro atoms. The summed E-state index contributed by atoms with van der Waals surface area (Å²) in [6, 6.07) is 12.1. The van der Waals surface area contributed by atoms with Crippen LogP contribution in [0.25, 0.3) is 10.2 Å². The fourth-order valence-corrected chi connectivity index (χ4v) is 5.14. The number of aromatic nitrogens is 1. The Morgan fingerprint density at radius 1 is 1.15 bits per heavy atom. The molecule has 0 bridgehead atoms. The van der Waals surface area contributed by atoms with Gasteiger partial charge in [-0.15, -0.1) is 11.3 Å². The van der Waals surface area contributed by atoms with Crippen LogP contribution in [-0.4, -0.2) is 47.7 Å². The topological polar surface area (TPSA) is 36.4 Å². The second-order valence-electron chi connectivity index (χ2n) is 6.22. The smallest absolute Gasteiger partial charge is 0.233 e. The lowest BCUT2D eigenvalue weighted by molar-refractivity contribution is -0.128. The standard InChI is InChI=1S/C19H17ClFN3OS2/c20-13-1-6-17-16(11-13)22-19(27-17)26-12-18(25)24-9-7-23(8-10-24)15-4-2-14(21)3-5-15/h1-6,11H,7-10,12H2. The van der Waals surface area contributed by atoms with Crippen LogP contribution in [0.5, 0.6) is 0 Å². The van der Waals surface area contributed by atoms with Crippen molar-refractivity contribution in [3.8, 4) is 0 Å².